The van der Waals surface area contributed by atoms with Gasteiger partial charge < -0.3 is 9.90 Å². The topological polar surface area (TPSA) is 77.1 Å². The number of ether oxygens (including phenoxy) is 4. The molecule has 6 nitrogen and oxygen atoms in total. The molecule has 0 radical (unpaired) electrons. The van der Waals surface area contributed by atoms with Crippen LogP contribution < -0.4 is 5.11 Å². The predicted octanol–water partition coefficient (Wildman–Crippen LogP) is 5.38. The Hall–Kier alpha value is -2.30. The number of carbonyl (C=O) groups is 1. The molecule has 0 N–H and O–H groups in total. The molecule has 0 fully saturated rings. The fraction of sp³-hybridized carbons (Fsp3) is 0.917. The Labute approximate surface area is 204 Å². The summed E-state index contributed by atoms with van der Waals surface area (Å²) >= 11 is 0. The molecule has 0 aliphatic heterocycles. The van der Waals surface area contributed by atoms with Gasteiger partial charge in [0.05, 0.1) is 0 Å². The lowest BCUT2D eigenvalue weighted by molar-refractivity contribution is -0.590. The number of hydrogen-bond acceptors (Lipinski definition) is 6. The summed E-state index contributed by atoms with van der Waals surface area (Å²) in [6.45, 7) is 0. The highest BCUT2D eigenvalue weighted by atomic mass is 19.4. The fourth-order valence-corrected chi connectivity index (χ4v) is 1.76. The number of carbonyl (C=O) groups excluding carboxylic acids is 1. The minimum absolute atomic E-state index is 1.03. The number of alkyl halides is 23. The van der Waals surface area contributed by atoms with Crippen LogP contribution in [0.5, 0.6) is 0 Å². The average molecular weight is 677 g/mol. The lowest BCUT2D eigenvalue weighted by Gasteiger charge is -2.43. The van der Waals surface area contributed by atoms with Crippen molar-refractivity contribution in [2.45, 2.75) is 66.9 Å². The zero-order chi connectivity index (χ0) is 33.9. The van der Waals surface area contributed by atoms with Crippen LogP contribution in [0.2, 0.25) is 0 Å². The lowest BCUT2D eigenvalue weighted by atomic mass is 10.2. The highest BCUT2D eigenvalue weighted by molar-refractivity contribution is 5.71. The first-order chi connectivity index (χ1) is 17.3. The molecule has 3 atom stereocenters. The first kappa shape index (κ1) is 38.7. The van der Waals surface area contributed by atoms with Gasteiger partial charge in [-0.3, -0.25) is 14.2 Å². The van der Waals surface area contributed by atoms with E-state index in [-0.39, 0.29) is 0 Å². The minimum atomic E-state index is -8.82. The number of hydrogen-bond donors (Lipinski definition) is 0. The Bertz CT molecular complexity index is 949. The minimum Gasteiger partial charge on any atom is -0.542 e. The van der Waals surface area contributed by atoms with E-state index in [1.54, 1.807) is 0 Å². The second-order valence-electron chi connectivity index (χ2n) is 6.49. The van der Waals surface area contributed by atoms with Crippen molar-refractivity contribution in [2.75, 3.05) is 0 Å². The van der Waals surface area contributed by atoms with E-state index in [1.165, 1.54) is 4.74 Å². The van der Waals surface area contributed by atoms with E-state index in [0.29, 0.717) is 0 Å². The van der Waals surface area contributed by atoms with Gasteiger partial charge >= 0.3 is 66.9 Å². The highest BCUT2D eigenvalue weighted by Crippen LogP contribution is 2.59. The Balaban J connectivity index is 7.31. The third kappa shape index (κ3) is 7.20. The van der Waals surface area contributed by atoms with E-state index in [1.807, 2.05) is 0 Å². The summed E-state index contributed by atoms with van der Waals surface area (Å²) in [4.78, 5) is 9.89. The largest absolute Gasteiger partial charge is 0.542 e. The van der Waals surface area contributed by atoms with Crippen LogP contribution in [0, 0.1) is 0 Å². The van der Waals surface area contributed by atoms with Crippen molar-refractivity contribution in [3.63, 3.8) is 0 Å². The second-order valence-corrected chi connectivity index (χ2v) is 6.49. The van der Waals surface area contributed by atoms with Gasteiger partial charge in [0.2, 0.25) is 0 Å². The van der Waals surface area contributed by atoms with Gasteiger partial charge in [-0.15, -0.1) is 13.2 Å². The van der Waals surface area contributed by atoms with E-state index in [2.05, 4.69) is 0 Å². The number of halogens is 23. The third-order valence-electron chi connectivity index (χ3n) is 3.50. The van der Waals surface area contributed by atoms with E-state index in [0.717, 1.165) is 14.2 Å². The quantitative estimate of drug-likeness (QED) is 0.274. The molecule has 3 unspecified atom stereocenters. The van der Waals surface area contributed by atoms with E-state index >= 15 is 0 Å². The van der Waals surface area contributed by atoms with Crippen LogP contribution >= 0.6 is 0 Å². The monoisotopic (exact) mass is 677 g/mol. The Morgan fingerprint density at radius 2 is 0.610 bits per heavy atom. The van der Waals surface area contributed by atoms with Crippen LogP contribution in [0.3, 0.4) is 0 Å². The lowest BCUT2D eigenvalue weighted by Crippen LogP contribution is -2.71. The zero-order valence-corrected chi connectivity index (χ0v) is 17.1. The predicted molar refractivity (Wildman–Crippen MR) is 64.9 cm³/mol. The summed E-state index contributed by atoms with van der Waals surface area (Å²) in [5, 5.41) is 9.89. The standard InChI is InChI=1S/C12HF23O6/c13-2(14,1(36)37)38-3(15,6(18,19)20)9(27,28)39-4(16,7(21,22)23)10(29,30)40-5(17,8(24,25)26)11(31,32)41-12(33,34)35/h(H,36,37)/p-1. The van der Waals surface area contributed by atoms with Crippen LogP contribution in [0.25, 0.3) is 0 Å². The number of carboxylic acids is 1. The molecule has 0 heterocycles. The summed E-state index contributed by atoms with van der Waals surface area (Å²) < 4.78 is 303. The third-order valence-corrected chi connectivity index (χ3v) is 3.50. The normalized spacial score (nSPS) is 19.8. The number of carboxylic acid groups (broad SMARTS) is 1. The molecule has 0 saturated heterocycles. The summed E-state index contributed by atoms with van der Waals surface area (Å²) in [6, 6.07) is 0. The van der Waals surface area contributed by atoms with Gasteiger partial charge in [0.1, 0.15) is 5.97 Å². The van der Waals surface area contributed by atoms with Gasteiger partial charge in [0, 0.05) is 0 Å². The van der Waals surface area contributed by atoms with Gasteiger partial charge in [0.15, 0.2) is 0 Å². The SMILES string of the molecule is O=C([O-])C(F)(F)OC(F)(C(F)(F)F)C(F)(F)OC(F)(C(F)(F)F)C(F)(F)OC(F)(C(F)(F)F)C(F)(F)OC(F)(F)F. The maximum Gasteiger partial charge on any atom is 0.527 e. The van der Waals surface area contributed by atoms with E-state index < -0.39 is 72.9 Å². The van der Waals surface area contributed by atoms with Gasteiger partial charge in [-0.05, 0) is 0 Å². The molecule has 0 aliphatic carbocycles. The van der Waals surface area contributed by atoms with Crippen LogP contribution in [-0.4, -0.2) is 72.9 Å². The van der Waals surface area contributed by atoms with Crippen molar-refractivity contribution in [3.8, 4) is 0 Å². The van der Waals surface area contributed by atoms with Crippen molar-refractivity contribution in [1.82, 2.24) is 0 Å². The molecule has 41 heavy (non-hydrogen) atoms. The summed E-state index contributed by atoms with van der Waals surface area (Å²) in [7, 11) is 0. The van der Waals surface area contributed by atoms with Gasteiger partial charge in [0.25, 0.3) is 0 Å². The van der Waals surface area contributed by atoms with Crippen molar-refractivity contribution >= 4 is 5.97 Å². The molecule has 0 aromatic heterocycles. The molecular weight excluding hydrogens is 677 g/mol. The zero-order valence-electron chi connectivity index (χ0n) is 17.1. The fourth-order valence-electron chi connectivity index (χ4n) is 1.76. The molecule has 0 aliphatic rings. The van der Waals surface area contributed by atoms with E-state index in [9.17, 15) is 111 Å². The molecular formula is C12F23O6-. The van der Waals surface area contributed by atoms with Crippen LogP contribution in [0.4, 0.5) is 101 Å². The summed E-state index contributed by atoms with van der Waals surface area (Å²) in [5.74, 6) is -30.1. The summed E-state index contributed by atoms with van der Waals surface area (Å²) in [5.41, 5.74) is 0. The van der Waals surface area contributed by atoms with Gasteiger partial charge in [-0.2, -0.15) is 87.8 Å². The first-order valence-corrected chi connectivity index (χ1v) is 8.14. The van der Waals surface area contributed by atoms with Crippen LogP contribution in [0.15, 0.2) is 0 Å². The number of rotatable bonds is 11. The molecule has 246 valence electrons. The summed E-state index contributed by atoms with van der Waals surface area (Å²) in [6.07, 6.45) is -64.9. The smallest absolute Gasteiger partial charge is 0.527 e. The van der Waals surface area contributed by atoms with Crippen LogP contribution in [0.1, 0.15) is 0 Å². The molecule has 0 saturated carbocycles. The van der Waals surface area contributed by atoms with Crippen molar-refractivity contribution in [1.29, 1.82) is 0 Å². The average Bonchev–Trinajstić information content (AvgIpc) is 2.61. The van der Waals surface area contributed by atoms with Crippen molar-refractivity contribution in [2.24, 2.45) is 0 Å². The molecule has 29 heteroatoms. The molecule has 0 spiro atoms. The van der Waals surface area contributed by atoms with Crippen molar-refractivity contribution in [3.05, 3.63) is 0 Å². The van der Waals surface area contributed by atoms with Gasteiger partial charge in [-0.25, -0.2) is 4.74 Å². The molecule has 0 bridgehead atoms. The van der Waals surface area contributed by atoms with Gasteiger partial charge in [-0.1, -0.05) is 0 Å². The van der Waals surface area contributed by atoms with Crippen molar-refractivity contribution < 1.29 is 130 Å². The molecule has 0 aromatic rings. The van der Waals surface area contributed by atoms with Crippen LogP contribution in [-0.2, 0) is 23.7 Å². The number of aliphatic carboxylic acids is 1. The molecule has 0 aromatic carbocycles. The molecule has 0 amide bonds. The Kier molecular flexibility index (Phi) is 9.59. The Morgan fingerprint density at radius 3 is 0.805 bits per heavy atom. The maximum absolute atomic E-state index is 14.1. The second kappa shape index (κ2) is 10.2. The Morgan fingerprint density at radius 1 is 0.390 bits per heavy atom. The first-order valence-electron chi connectivity index (χ1n) is 8.14. The maximum atomic E-state index is 14.1. The molecule has 0 rings (SSSR count). The van der Waals surface area contributed by atoms with E-state index in [4.69, 9.17) is 0 Å². The highest BCUT2D eigenvalue weighted by Gasteiger charge is 2.88.